The zero-order valence-electron chi connectivity index (χ0n) is 16.8. The third kappa shape index (κ3) is 4.22. The summed E-state index contributed by atoms with van der Waals surface area (Å²) < 4.78 is 5.23. The molecule has 3 heterocycles. The first-order chi connectivity index (χ1) is 15.2. The van der Waals surface area contributed by atoms with Gasteiger partial charge in [-0.05, 0) is 42.0 Å². The Hall–Kier alpha value is -3.46. The molecule has 0 saturated heterocycles. The lowest BCUT2D eigenvalue weighted by Gasteiger charge is -2.07. The minimum atomic E-state index is -0.165. The first-order valence-electron chi connectivity index (χ1n) is 10.2. The molecule has 158 valence electrons. The lowest BCUT2D eigenvalue weighted by atomic mass is 10.1. The highest BCUT2D eigenvalue weighted by Gasteiger charge is 2.30. The number of rotatable bonds is 8. The summed E-state index contributed by atoms with van der Waals surface area (Å²) in [7, 11) is 0. The van der Waals surface area contributed by atoms with Crippen LogP contribution in [0.2, 0.25) is 0 Å². The minimum absolute atomic E-state index is 0.107. The fraction of sp³-hybridized carbons (Fsp3) is 0.273. The largest absolute Gasteiger partial charge is 0.350 e. The first-order valence-corrected chi connectivity index (χ1v) is 11.1. The number of benzene rings is 1. The Morgan fingerprint density at radius 3 is 2.71 bits per heavy atom. The highest BCUT2D eigenvalue weighted by molar-refractivity contribution is 7.13. The smallest absolute Gasteiger partial charge is 0.346 e. The van der Waals surface area contributed by atoms with Crippen molar-refractivity contribution in [3.8, 4) is 10.7 Å². The first kappa shape index (κ1) is 19.5. The molecule has 0 bridgehead atoms. The summed E-state index contributed by atoms with van der Waals surface area (Å²) in [4.78, 5) is 30.3. The second-order valence-electron chi connectivity index (χ2n) is 7.60. The van der Waals surface area contributed by atoms with E-state index in [0.29, 0.717) is 25.2 Å². The molecule has 1 saturated carbocycles. The van der Waals surface area contributed by atoms with Crippen LogP contribution in [0.25, 0.3) is 10.7 Å². The van der Waals surface area contributed by atoms with Gasteiger partial charge in [-0.25, -0.2) is 14.5 Å². The van der Waals surface area contributed by atoms with Gasteiger partial charge in [0.2, 0.25) is 0 Å². The molecule has 0 aliphatic heterocycles. The van der Waals surface area contributed by atoms with E-state index < -0.39 is 0 Å². The van der Waals surface area contributed by atoms with Gasteiger partial charge in [0, 0.05) is 37.1 Å². The zero-order valence-corrected chi connectivity index (χ0v) is 17.7. The van der Waals surface area contributed by atoms with Gasteiger partial charge >= 0.3 is 5.69 Å². The Bertz CT molecular complexity index is 1220. The van der Waals surface area contributed by atoms with E-state index in [4.69, 9.17) is 0 Å². The van der Waals surface area contributed by atoms with Crippen molar-refractivity contribution >= 4 is 17.2 Å². The van der Waals surface area contributed by atoms with Gasteiger partial charge in [0.05, 0.1) is 17.7 Å². The Morgan fingerprint density at radius 1 is 1.19 bits per heavy atom. The normalized spacial score (nSPS) is 13.4. The van der Waals surface area contributed by atoms with Crippen molar-refractivity contribution in [1.29, 1.82) is 0 Å². The number of carbonyl (C=O) groups excluding carboxylic acids is 1. The molecule has 3 aromatic heterocycles. The maximum absolute atomic E-state index is 12.8. The molecule has 1 aliphatic rings. The molecule has 1 aliphatic carbocycles. The molecule has 1 aromatic carbocycles. The molecule has 0 radical (unpaired) electrons. The quantitative estimate of drug-likeness (QED) is 0.462. The van der Waals surface area contributed by atoms with Crippen molar-refractivity contribution in [2.24, 2.45) is 0 Å². The van der Waals surface area contributed by atoms with E-state index in [9.17, 15) is 9.59 Å². The number of amides is 1. The fourth-order valence-electron chi connectivity index (χ4n) is 3.53. The van der Waals surface area contributed by atoms with Gasteiger partial charge in [-0.15, -0.1) is 16.4 Å². The van der Waals surface area contributed by atoms with Crippen molar-refractivity contribution in [2.75, 3.05) is 6.54 Å². The van der Waals surface area contributed by atoms with Crippen LogP contribution in [0.1, 0.15) is 34.8 Å². The number of imidazole rings is 1. The topological polar surface area (TPSA) is 86.7 Å². The molecular formula is C22H22N6O2S. The second kappa shape index (κ2) is 8.35. The van der Waals surface area contributed by atoms with E-state index in [-0.39, 0.29) is 17.6 Å². The molecule has 8 nitrogen and oxygen atoms in total. The van der Waals surface area contributed by atoms with Crippen LogP contribution in [-0.4, -0.2) is 36.4 Å². The summed E-state index contributed by atoms with van der Waals surface area (Å²) >= 11 is 1.58. The van der Waals surface area contributed by atoms with Crippen molar-refractivity contribution in [3.63, 3.8) is 0 Å². The summed E-state index contributed by atoms with van der Waals surface area (Å²) in [6, 6.07) is 11.7. The van der Waals surface area contributed by atoms with Gasteiger partial charge in [0.15, 0.2) is 5.82 Å². The number of carbonyl (C=O) groups is 1. The second-order valence-corrected chi connectivity index (χ2v) is 8.54. The summed E-state index contributed by atoms with van der Waals surface area (Å²) in [6.07, 6.45) is 7.42. The van der Waals surface area contributed by atoms with E-state index in [0.717, 1.165) is 29.1 Å². The van der Waals surface area contributed by atoms with Gasteiger partial charge in [-0.3, -0.25) is 9.36 Å². The van der Waals surface area contributed by atoms with Crippen LogP contribution in [-0.2, 0) is 13.1 Å². The molecule has 1 N–H and O–H groups in total. The van der Waals surface area contributed by atoms with Crippen LogP contribution in [0.3, 0.4) is 0 Å². The molecule has 0 spiro atoms. The number of aromatic nitrogens is 5. The lowest BCUT2D eigenvalue weighted by Crippen LogP contribution is -2.32. The van der Waals surface area contributed by atoms with Gasteiger partial charge in [-0.2, -0.15) is 0 Å². The Kier molecular flexibility index (Phi) is 5.25. The molecule has 0 unspecified atom stereocenters. The molecule has 0 atom stereocenters. The summed E-state index contributed by atoms with van der Waals surface area (Å²) in [5.74, 6) is 0.560. The maximum atomic E-state index is 12.8. The van der Waals surface area contributed by atoms with Crippen LogP contribution >= 0.6 is 11.3 Å². The van der Waals surface area contributed by atoms with Crippen molar-refractivity contribution in [3.05, 3.63) is 82.1 Å². The SMILES string of the molecule is O=C(NCCn1nc(-c2cccs2)n(C2CC2)c1=O)c1ccc(Cn2ccnc2)cc1. The molecular weight excluding hydrogens is 412 g/mol. The lowest BCUT2D eigenvalue weighted by molar-refractivity contribution is 0.0951. The van der Waals surface area contributed by atoms with Crippen LogP contribution in [0, 0.1) is 0 Å². The van der Waals surface area contributed by atoms with Gasteiger partial charge in [0.1, 0.15) is 0 Å². The molecule has 31 heavy (non-hydrogen) atoms. The summed E-state index contributed by atoms with van der Waals surface area (Å²) in [5, 5.41) is 9.42. The number of thiophene rings is 1. The number of nitrogens with one attached hydrogen (secondary N) is 1. The monoisotopic (exact) mass is 434 g/mol. The minimum Gasteiger partial charge on any atom is -0.350 e. The standard InChI is InChI=1S/C22H22N6O2S/c29-21(17-5-3-16(4-6-17)14-26-11-9-23-15-26)24-10-12-27-22(30)28(18-7-8-18)20(25-27)19-2-1-13-31-19/h1-6,9,11,13,15,18H,7-8,10,12,14H2,(H,24,29). The van der Waals surface area contributed by atoms with Crippen LogP contribution < -0.4 is 11.0 Å². The third-order valence-corrected chi connectivity index (χ3v) is 6.14. The molecule has 1 amide bonds. The van der Waals surface area contributed by atoms with Crippen LogP contribution in [0.5, 0.6) is 0 Å². The maximum Gasteiger partial charge on any atom is 0.346 e. The van der Waals surface area contributed by atoms with Crippen molar-refractivity contribution < 1.29 is 4.79 Å². The van der Waals surface area contributed by atoms with Gasteiger partial charge < -0.3 is 9.88 Å². The number of hydrogen-bond acceptors (Lipinski definition) is 5. The van der Waals surface area contributed by atoms with Crippen molar-refractivity contribution in [1.82, 2.24) is 29.2 Å². The van der Waals surface area contributed by atoms with E-state index in [1.165, 1.54) is 4.68 Å². The molecule has 9 heteroatoms. The van der Waals surface area contributed by atoms with Crippen LogP contribution in [0.4, 0.5) is 0 Å². The Morgan fingerprint density at radius 2 is 2.03 bits per heavy atom. The summed E-state index contributed by atoms with van der Waals surface area (Å²) in [5.41, 5.74) is 1.57. The highest BCUT2D eigenvalue weighted by Crippen LogP contribution is 2.37. The summed E-state index contributed by atoms with van der Waals surface area (Å²) in [6.45, 7) is 1.38. The zero-order chi connectivity index (χ0) is 21.2. The Balaban J connectivity index is 1.22. The van der Waals surface area contributed by atoms with E-state index >= 15 is 0 Å². The average Bonchev–Trinajstić information content (AvgIpc) is 3.17. The fourth-order valence-corrected chi connectivity index (χ4v) is 4.24. The molecule has 1 fully saturated rings. The van der Waals surface area contributed by atoms with E-state index in [2.05, 4.69) is 15.4 Å². The number of nitrogens with zero attached hydrogens (tertiary/aromatic N) is 5. The predicted octanol–water partition coefficient (Wildman–Crippen LogP) is 2.78. The predicted molar refractivity (Wildman–Crippen MR) is 118 cm³/mol. The number of hydrogen-bond donors (Lipinski definition) is 1. The molecule has 5 rings (SSSR count). The molecule has 4 aromatic rings. The van der Waals surface area contributed by atoms with Crippen LogP contribution in [0.15, 0.2) is 65.3 Å². The Labute approximate surface area is 182 Å². The van der Waals surface area contributed by atoms with Gasteiger partial charge in [-0.1, -0.05) is 18.2 Å². The van der Waals surface area contributed by atoms with Gasteiger partial charge in [0.25, 0.3) is 5.91 Å². The highest BCUT2D eigenvalue weighted by atomic mass is 32.1. The van der Waals surface area contributed by atoms with Crippen molar-refractivity contribution in [2.45, 2.75) is 32.0 Å². The van der Waals surface area contributed by atoms with E-state index in [1.54, 1.807) is 28.4 Å². The van der Waals surface area contributed by atoms with E-state index in [1.807, 2.05) is 52.5 Å². The third-order valence-electron chi connectivity index (χ3n) is 5.27. The average molecular weight is 435 g/mol.